The van der Waals surface area contributed by atoms with Crippen molar-refractivity contribution in [2.24, 2.45) is 0 Å². The van der Waals surface area contributed by atoms with Crippen LogP contribution in [-0.2, 0) is 0 Å². The molecule has 0 amide bonds. The molecule has 0 bridgehead atoms. The lowest BCUT2D eigenvalue weighted by Gasteiger charge is -2.14. The summed E-state index contributed by atoms with van der Waals surface area (Å²) in [6, 6.07) is 0. The third kappa shape index (κ3) is 1.93. The van der Waals surface area contributed by atoms with E-state index in [9.17, 15) is 10.1 Å². The highest BCUT2D eigenvalue weighted by molar-refractivity contribution is 4.61. The minimum atomic E-state index is -2.13. The van der Waals surface area contributed by atoms with Crippen LogP contribution in [0.4, 0.5) is 0 Å². The van der Waals surface area contributed by atoms with Crippen molar-refractivity contribution < 1.29 is 15.1 Å². The zero-order chi connectivity index (χ0) is 8.20. The molecule has 10 heavy (non-hydrogen) atoms. The maximum absolute atomic E-state index is 10.0. The van der Waals surface area contributed by atoms with Gasteiger partial charge in [-0.2, -0.15) is 0 Å². The summed E-state index contributed by atoms with van der Waals surface area (Å²) in [5.74, 6) is 0. The zero-order valence-electron chi connectivity index (χ0n) is 5.78. The van der Waals surface area contributed by atoms with Crippen molar-refractivity contribution in [2.45, 2.75) is 25.5 Å². The van der Waals surface area contributed by atoms with E-state index in [0.29, 0.717) is 6.42 Å². The molecule has 1 unspecified atom stereocenters. The van der Waals surface area contributed by atoms with Crippen LogP contribution in [0.1, 0.15) is 19.8 Å². The van der Waals surface area contributed by atoms with E-state index >= 15 is 0 Å². The highest BCUT2D eigenvalue weighted by Gasteiger charge is 2.38. The largest absolute Gasteiger partial charge is 0.386 e. The molecule has 0 aliphatic carbocycles. The van der Waals surface area contributed by atoms with E-state index in [1.165, 1.54) is 0 Å². The predicted octanol–water partition coefficient (Wildman–Crippen LogP) is -0.256. The van der Waals surface area contributed by atoms with Crippen molar-refractivity contribution in [3.8, 4) is 0 Å². The second-order valence-corrected chi connectivity index (χ2v) is 2.15. The molecule has 0 saturated heterocycles. The van der Waals surface area contributed by atoms with E-state index in [-0.39, 0.29) is 6.42 Å². The molecule has 0 aliphatic heterocycles. The summed E-state index contributed by atoms with van der Waals surface area (Å²) in [5, 5.41) is 27.4. The maximum Gasteiger partial charge on any atom is 0.345 e. The first-order chi connectivity index (χ1) is 4.56. The summed E-state index contributed by atoms with van der Waals surface area (Å²) in [5.41, 5.74) is -2.13. The van der Waals surface area contributed by atoms with Gasteiger partial charge in [0.1, 0.15) is 6.61 Å². The standard InChI is InChI=1S/C5H11NO4/c1-2-3-5(8,4-7)6(9)10/h7-8H,2-4H2,1H3. The van der Waals surface area contributed by atoms with Gasteiger partial charge in [-0.15, -0.1) is 0 Å². The molecule has 0 saturated carbocycles. The Bertz CT molecular complexity index is 127. The monoisotopic (exact) mass is 149 g/mol. The van der Waals surface area contributed by atoms with Gasteiger partial charge in [-0.05, 0) is 6.42 Å². The van der Waals surface area contributed by atoms with Crippen molar-refractivity contribution in [3.63, 3.8) is 0 Å². The molecule has 0 spiro atoms. The lowest BCUT2D eigenvalue weighted by molar-refractivity contribution is -0.629. The second kappa shape index (κ2) is 3.48. The van der Waals surface area contributed by atoms with Gasteiger partial charge in [0, 0.05) is 6.42 Å². The van der Waals surface area contributed by atoms with Crippen molar-refractivity contribution in [3.05, 3.63) is 10.1 Å². The Hall–Kier alpha value is -0.680. The number of aliphatic hydroxyl groups is 2. The Balaban J connectivity index is 4.08. The van der Waals surface area contributed by atoms with Crippen LogP contribution in [0.15, 0.2) is 0 Å². The summed E-state index contributed by atoms with van der Waals surface area (Å²) in [4.78, 5) is 9.17. The number of hydrogen-bond acceptors (Lipinski definition) is 4. The zero-order valence-corrected chi connectivity index (χ0v) is 5.78. The van der Waals surface area contributed by atoms with E-state index < -0.39 is 17.3 Å². The number of rotatable bonds is 4. The molecule has 0 aromatic rings. The molecule has 0 rings (SSSR count). The Morgan fingerprint density at radius 2 is 2.20 bits per heavy atom. The molecule has 0 aliphatic rings. The molecule has 60 valence electrons. The lowest BCUT2D eigenvalue weighted by atomic mass is 10.1. The van der Waals surface area contributed by atoms with Crippen LogP contribution in [0, 0.1) is 10.1 Å². The van der Waals surface area contributed by atoms with Crippen LogP contribution in [-0.4, -0.2) is 27.5 Å². The topological polar surface area (TPSA) is 83.6 Å². The number of hydrogen-bond donors (Lipinski definition) is 2. The van der Waals surface area contributed by atoms with Crippen LogP contribution in [0.5, 0.6) is 0 Å². The van der Waals surface area contributed by atoms with Gasteiger partial charge in [-0.25, -0.2) is 0 Å². The van der Waals surface area contributed by atoms with Gasteiger partial charge in [0.15, 0.2) is 0 Å². The van der Waals surface area contributed by atoms with Crippen LogP contribution < -0.4 is 0 Å². The van der Waals surface area contributed by atoms with E-state index in [1.807, 2.05) is 0 Å². The SMILES string of the molecule is CCCC(O)(CO)[N+](=O)[O-]. The van der Waals surface area contributed by atoms with Crippen LogP contribution in [0.3, 0.4) is 0 Å². The molecule has 0 radical (unpaired) electrons. The van der Waals surface area contributed by atoms with Crippen molar-refractivity contribution in [2.75, 3.05) is 6.61 Å². The Labute approximate surface area is 58.4 Å². The average Bonchev–Trinajstić information content (AvgIpc) is 1.88. The van der Waals surface area contributed by atoms with Gasteiger partial charge in [-0.3, -0.25) is 10.1 Å². The molecule has 1 atom stereocenters. The van der Waals surface area contributed by atoms with E-state index in [2.05, 4.69) is 0 Å². The van der Waals surface area contributed by atoms with E-state index in [1.54, 1.807) is 6.92 Å². The molecular formula is C5H11NO4. The smallest absolute Gasteiger partial charge is 0.345 e. The second-order valence-electron chi connectivity index (χ2n) is 2.15. The fraction of sp³-hybridized carbons (Fsp3) is 1.00. The third-order valence-electron chi connectivity index (χ3n) is 1.24. The highest BCUT2D eigenvalue weighted by atomic mass is 16.7. The van der Waals surface area contributed by atoms with E-state index in [4.69, 9.17) is 10.2 Å². The fourth-order valence-electron chi connectivity index (χ4n) is 0.628. The Morgan fingerprint density at radius 1 is 1.70 bits per heavy atom. The molecule has 5 heteroatoms. The molecule has 0 heterocycles. The summed E-state index contributed by atoms with van der Waals surface area (Å²) >= 11 is 0. The Kier molecular flexibility index (Phi) is 3.24. The molecule has 0 fully saturated rings. The Morgan fingerprint density at radius 3 is 2.30 bits per heavy atom. The quantitative estimate of drug-likeness (QED) is 0.328. The third-order valence-corrected chi connectivity index (χ3v) is 1.24. The molecule has 0 aromatic carbocycles. The molecule has 2 N–H and O–H groups in total. The number of aliphatic hydroxyl groups excluding tert-OH is 1. The average molecular weight is 149 g/mol. The van der Waals surface area contributed by atoms with Crippen molar-refractivity contribution in [1.82, 2.24) is 0 Å². The summed E-state index contributed by atoms with van der Waals surface area (Å²) < 4.78 is 0. The normalized spacial score (nSPS) is 16.3. The predicted molar refractivity (Wildman–Crippen MR) is 33.9 cm³/mol. The summed E-state index contributed by atoms with van der Waals surface area (Å²) in [7, 11) is 0. The van der Waals surface area contributed by atoms with Gasteiger partial charge < -0.3 is 10.2 Å². The van der Waals surface area contributed by atoms with Gasteiger partial charge >= 0.3 is 5.72 Å². The first-order valence-electron chi connectivity index (χ1n) is 3.04. The summed E-state index contributed by atoms with van der Waals surface area (Å²) in [6.45, 7) is 0.873. The fourth-order valence-corrected chi connectivity index (χ4v) is 0.628. The van der Waals surface area contributed by atoms with Gasteiger partial charge in [0.25, 0.3) is 0 Å². The number of nitro groups is 1. The van der Waals surface area contributed by atoms with Crippen LogP contribution in [0.25, 0.3) is 0 Å². The lowest BCUT2D eigenvalue weighted by Crippen LogP contribution is -2.41. The van der Waals surface area contributed by atoms with Crippen molar-refractivity contribution >= 4 is 0 Å². The minimum absolute atomic E-state index is 0.0174. The maximum atomic E-state index is 10.0. The van der Waals surface area contributed by atoms with E-state index in [0.717, 1.165) is 0 Å². The summed E-state index contributed by atoms with van der Waals surface area (Å²) in [6.07, 6.45) is 0.453. The minimum Gasteiger partial charge on any atom is -0.386 e. The first kappa shape index (κ1) is 9.32. The highest BCUT2D eigenvalue weighted by Crippen LogP contribution is 2.11. The van der Waals surface area contributed by atoms with Gasteiger partial charge in [-0.1, -0.05) is 6.92 Å². The van der Waals surface area contributed by atoms with Crippen LogP contribution in [0.2, 0.25) is 0 Å². The first-order valence-corrected chi connectivity index (χ1v) is 3.04. The number of nitrogens with zero attached hydrogens (tertiary/aromatic N) is 1. The van der Waals surface area contributed by atoms with Gasteiger partial charge in [0.05, 0.1) is 4.92 Å². The van der Waals surface area contributed by atoms with Crippen molar-refractivity contribution in [1.29, 1.82) is 0 Å². The molecule has 5 nitrogen and oxygen atoms in total. The van der Waals surface area contributed by atoms with Gasteiger partial charge in [0.2, 0.25) is 0 Å². The molecule has 0 aromatic heterocycles. The van der Waals surface area contributed by atoms with Crippen LogP contribution >= 0.6 is 0 Å². The molecular weight excluding hydrogens is 138 g/mol.